The van der Waals surface area contributed by atoms with Gasteiger partial charge >= 0.3 is 0 Å². The van der Waals surface area contributed by atoms with Crippen LogP contribution < -0.4 is 5.56 Å². The molecule has 0 N–H and O–H groups in total. The first-order chi connectivity index (χ1) is 22.2. The van der Waals surface area contributed by atoms with Crippen molar-refractivity contribution in [1.29, 1.82) is 0 Å². The Morgan fingerprint density at radius 1 is 0.311 bits per heavy atom. The third kappa shape index (κ3) is 4.00. The lowest BCUT2D eigenvalue weighted by atomic mass is 9.91. The average Bonchev–Trinajstić information content (AvgIpc) is 3.12. The van der Waals surface area contributed by atoms with Crippen LogP contribution in [0.15, 0.2) is 169 Å². The van der Waals surface area contributed by atoms with E-state index < -0.39 is 0 Å². The van der Waals surface area contributed by atoms with Gasteiger partial charge in [0.1, 0.15) is 0 Å². The van der Waals surface area contributed by atoms with Gasteiger partial charge in [-0.05, 0) is 102 Å². The van der Waals surface area contributed by atoms with Crippen molar-refractivity contribution < 1.29 is 0 Å². The standard InChI is InChI=1S/C43H27NO/c45-43-38-23-20-31(30-19-22-37-35-17-8-7-15-33(35)34-16-9-10-18-36(34)39(37)25-30)26-40(38)41-27-29(28-11-3-1-4-12-28)21-24-42(41)44(43)32-13-5-2-6-14-32/h1-27H. The quantitative estimate of drug-likeness (QED) is 0.193. The molecule has 1 heterocycles. The third-order valence-corrected chi connectivity index (χ3v) is 9.18. The molecule has 0 bridgehead atoms. The molecule has 0 atom stereocenters. The zero-order valence-electron chi connectivity index (χ0n) is 24.4. The Hall–Kier alpha value is -5.99. The lowest BCUT2D eigenvalue weighted by Gasteiger charge is -2.16. The van der Waals surface area contributed by atoms with Gasteiger partial charge < -0.3 is 0 Å². The number of rotatable bonds is 3. The lowest BCUT2D eigenvalue weighted by Crippen LogP contribution is -2.19. The first-order valence-electron chi connectivity index (χ1n) is 15.3. The molecule has 0 aliphatic carbocycles. The number of hydrogen-bond acceptors (Lipinski definition) is 1. The molecule has 9 aromatic rings. The molecule has 0 aliphatic heterocycles. The molecule has 0 fully saturated rings. The highest BCUT2D eigenvalue weighted by atomic mass is 16.1. The zero-order valence-corrected chi connectivity index (χ0v) is 24.4. The zero-order chi connectivity index (χ0) is 29.9. The van der Waals surface area contributed by atoms with Crippen LogP contribution in [-0.4, -0.2) is 4.57 Å². The molecule has 45 heavy (non-hydrogen) atoms. The molecule has 0 amide bonds. The van der Waals surface area contributed by atoms with Crippen LogP contribution in [0.4, 0.5) is 0 Å². The molecule has 0 spiro atoms. The first kappa shape index (κ1) is 25.5. The van der Waals surface area contributed by atoms with Gasteiger partial charge in [0.15, 0.2) is 0 Å². The maximum atomic E-state index is 14.2. The number of nitrogens with zero attached hydrogens (tertiary/aromatic N) is 1. The van der Waals surface area contributed by atoms with Crippen LogP contribution in [0.25, 0.3) is 81.9 Å². The van der Waals surface area contributed by atoms with Crippen LogP contribution in [0.1, 0.15) is 0 Å². The van der Waals surface area contributed by atoms with Gasteiger partial charge in [-0.2, -0.15) is 0 Å². The number of benzene rings is 8. The second kappa shape index (κ2) is 10.0. The smallest absolute Gasteiger partial charge is 0.263 e. The normalized spacial score (nSPS) is 11.6. The van der Waals surface area contributed by atoms with E-state index in [4.69, 9.17) is 0 Å². The van der Waals surface area contributed by atoms with Crippen molar-refractivity contribution in [3.63, 3.8) is 0 Å². The number of aromatic nitrogens is 1. The second-order valence-corrected chi connectivity index (χ2v) is 11.7. The van der Waals surface area contributed by atoms with Crippen LogP contribution in [-0.2, 0) is 0 Å². The topological polar surface area (TPSA) is 22.0 Å². The number of pyridine rings is 1. The fourth-order valence-electron chi connectivity index (χ4n) is 7.04. The Morgan fingerprint density at radius 3 is 1.36 bits per heavy atom. The predicted molar refractivity (Wildman–Crippen MR) is 190 cm³/mol. The SMILES string of the molecule is O=c1c2ccc(-c3ccc4c5ccccc5c5ccccc5c4c3)cc2c2cc(-c3ccccc3)ccc2n1-c1ccccc1. The predicted octanol–water partition coefficient (Wildman–Crippen LogP) is 10.9. The summed E-state index contributed by atoms with van der Waals surface area (Å²) in [5.41, 5.74) is 6.23. The minimum absolute atomic E-state index is 0.0151. The van der Waals surface area contributed by atoms with Crippen LogP contribution in [0.2, 0.25) is 0 Å². The van der Waals surface area contributed by atoms with Gasteiger partial charge in [0, 0.05) is 16.5 Å². The second-order valence-electron chi connectivity index (χ2n) is 11.7. The molecule has 1 aromatic heterocycles. The van der Waals surface area contributed by atoms with Gasteiger partial charge in [0.25, 0.3) is 5.56 Å². The fraction of sp³-hybridized carbons (Fsp3) is 0. The first-order valence-corrected chi connectivity index (χ1v) is 15.3. The van der Waals surface area contributed by atoms with E-state index in [-0.39, 0.29) is 5.56 Å². The van der Waals surface area contributed by atoms with Crippen molar-refractivity contribution >= 4 is 54.0 Å². The van der Waals surface area contributed by atoms with Crippen molar-refractivity contribution in [2.24, 2.45) is 0 Å². The van der Waals surface area contributed by atoms with E-state index in [1.54, 1.807) is 0 Å². The maximum Gasteiger partial charge on any atom is 0.263 e. The molecule has 0 saturated heterocycles. The van der Waals surface area contributed by atoms with E-state index in [2.05, 4.69) is 121 Å². The Bertz CT molecular complexity index is 2620. The molecule has 9 rings (SSSR count). The highest BCUT2D eigenvalue weighted by Gasteiger charge is 2.15. The number of para-hydroxylation sites is 1. The average molecular weight is 574 g/mol. The van der Waals surface area contributed by atoms with Crippen LogP contribution in [0, 0.1) is 0 Å². The van der Waals surface area contributed by atoms with Crippen LogP contribution >= 0.6 is 0 Å². The van der Waals surface area contributed by atoms with Gasteiger partial charge in [-0.15, -0.1) is 0 Å². The highest BCUT2D eigenvalue weighted by molar-refractivity contribution is 6.25. The number of hydrogen-bond donors (Lipinski definition) is 0. The monoisotopic (exact) mass is 573 g/mol. The van der Waals surface area contributed by atoms with E-state index in [1.807, 2.05) is 47.0 Å². The Labute approximate surface area is 260 Å². The molecule has 2 heteroatoms. The number of fused-ring (bicyclic) bond motifs is 9. The summed E-state index contributed by atoms with van der Waals surface area (Å²) in [4.78, 5) is 14.2. The van der Waals surface area contributed by atoms with Crippen molar-refractivity contribution in [2.75, 3.05) is 0 Å². The molecule has 2 nitrogen and oxygen atoms in total. The minimum Gasteiger partial charge on any atom is -0.276 e. The molecule has 0 radical (unpaired) electrons. The van der Waals surface area contributed by atoms with E-state index in [1.165, 1.54) is 32.3 Å². The molecular formula is C43H27NO. The summed E-state index contributed by atoms with van der Waals surface area (Å²) in [6, 6.07) is 57.2. The van der Waals surface area contributed by atoms with Crippen molar-refractivity contribution in [2.45, 2.75) is 0 Å². The summed E-state index contributed by atoms with van der Waals surface area (Å²) >= 11 is 0. The third-order valence-electron chi connectivity index (χ3n) is 9.18. The minimum atomic E-state index is -0.0151. The molecule has 0 aliphatic rings. The molecule has 8 aromatic carbocycles. The van der Waals surface area contributed by atoms with Crippen molar-refractivity contribution in [3.05, 3.63) is 174 Å². The maximum absolute atomic E-state index is 14.2. The summed E-state index contributed by atoms with van der Waals surface area (Å²) in [5.74, 6) is 0. The van der Waals surface area contributed by atoms with Gasteiger partial charge in [-0.25, -0.2) is 0 Å². The van der Waals surface area contributed by atoms with Crippen LogP contribution in [0.5, 0.6) is 0 Å². The van der Waals surface area contributed by atoms with Crippen molar-refractivity contribution in [1.82, 2.24) is 4.57 Å². The highest BCUT2D eigenvalue weighted by Crippen LogP contribution is 2.38. The summed E-state index contributed by atoms with van der Waals surface area (Å²) < 4.78 is 1.85. The molecule has 0 saturated carbocycles. The Morgan fingerprint density at radius 2 is 0.733 bits per heavy atom. The summed E-state index contributed by atoms with van der Waals surface area (Å²) in [6.45, 7) is 0. The molecule has 210 valence electrons. The van der Waals surface area contributed by atoms with Gasteiger partial charge in [-0.1, -0.05) is 121 Å². The van der Waals surface area contributed by atoms with Gasteiger partial charge in [-0.3, -0.25) is 9.36 Å². The summed E-state index contributed by atoms with van der Waals surface area (Å²) in [6.07, 6.45) is 0. The van der Waals surface area contributed by atoms with E-state index in [0.717, 1.165) is 44.2 Å². The summed E-state index contributed by atoms with van der Waals surface area (Å²) in [5, 5.41) is 10.2. The Balaban J connectivity index is 1.33. The van der Waals surface area contributed by atoms with Crippen molar-refractivity contribution in [3.8, 4) is 27.9 Å². The van der Waals surface area contributed by atoms with E-state index >= 15 is 0 Å². The fourth-order valence-corrected chi connectivity index (χ4v) is 7.04. The van der Waals surface area contributed by atoms with E-state index in [0.29, 0.717) is 5.39 Å². The summed E-state index contributed by atoms with van der Waals surface area (Å²) in [7, 11) is 0. The lowest BCUT2D eigenvalue weighted by molar-refractivity contribution is 1.06. The van der Waals surface area contributed by atoms with E-state index in [9.17, 15) is 4.79 Å². The largest absolute Gasteiger partial charge is 0.276 e. The van der Waals surface area contributed by atoms with Gasteiger partial charge in [0.05, 0.1) is 5.52 Å². The van der Waals surface area contributed by atoms with Gasteiger partial charge in [0.2, 0.25) is 0 Å². The molecule has 0 unspecified atom stereocenters. The van der Waals surface area contributed by atoms with Crippen LogP contribution in [0.3, 0.4) is 0 Å². The Kier molecular flexibility index (Phi) is 5.69. The molecular weight excluding hydrogens is 546 g/mol.